The van der Waals surface area contributed by atoms with Crippen molar-refractivity contribution >= 4 is 18.0 Å². The van der Waals surface area contributed by atoms with E-state index in [2.05, 4.69) is 9.97 Å². The summed E-state index contributed by atoms with van der Waals surface area (Å²) in [6, 6.07) is 0. The third-order valence-electron chi connectivity index (χ3n) is 0.693. The fourth-order valence-electron chi connectivity index (χ4n) is 0.353. The lowest BCUT2D eigenvalue weighted by Gasteiger charge is -1.85. The van der Waals surface area contributed by atoms with E-state index in [0.29, 0.717) is 10.5 Å². The molecule has 0 saturated carbocycles. The Morgan fingerprint density at radius 3 is 2.88 bits per heavy atom. The number of nitrogens with one attached hydrogen (secondary N) is 1. The van der Waals surface area contributed by atoms with Crippen LogP contribution in [-0.4, -0.2) is 9.97 Å². The Kier molecular flexibility index (Phi) is 1.26. The Bertz CT molecular complexity index is 208. The zero-order valence-corrected chi connectivity index (χ0v) is 4.90. The molecule has 0 aliphatic rings. The van der Waals surface area contributed by atoms with E-state index in [1.165, 1.54) is 6.20 Å². The molecule has 1 rings (SSSR count). The summed E-state index contributed by atoms with van der Waals surface area (Å²) in [7, 11) is 0. The number of rotatable bonds is 0. The number of hydrogen-bond acceptors (Lipinski definition) is 3. The van der Waals surface area contributed by atoms with Gasteiger partial charge in [0.1, 0.15) is 10.5 Å². The second kappa shape index (κ2) is 1.92. The van der Waals surface area contributed by atoms with E-state index in [1.807, 2.05) is 0 Å². The first-order valence-electron chi connectivity index (χ1n) is 2.09. The third kappa shape index (κ3) is 1.04. The highest BCUT2D eigenvalue weighted by molar-refractivity contribution is 7.71. The molecule has 0 aliphatic heterocycles. The minimum atomic E-state index is 0.457. The molecule has 0 aromatic carbocycles. The van der Waals surface area contributed by atoms with Crippen molar-refractivity contribution in [1.82, 2.24) is 9.97 Å². The standard InChI is InChI=1S/C4H5N3S/c5-3-1-7-4(8)2-6-3/h1-2H,(H2,5,6)(H,7,8). The van der Waals surface area contributed by atoms with Crippen LogP contribution >= 0.6 is 12.2 Å². The lowest BCUT2D eigenvalue weighted by atomic mass is 10.7. The van der Waals surface area contributed by atoms with Gasteiger partial charge in [-0.05, 0) is 0 Å². The van der Waals surface area contributed by atoms with E-state index in [4.69, 9.17) is 18.0 Å². The maximum Gasteiger partial charge on any atom is 0.139 e. The first-order chi connectivity index (χ1) is 3.79. The van der Waals surface area contributed by atoms with Crippen molar-refractivity contribution in [3.63, 3.8) is 0 Å². The third-order valence-corrected chi connectivity index (χ3v) is 0.916. The molecule has 0 atom stereocenters. The molecule has 4 heteroatoms. The van der Waals surface area contributed by atoms with Crippen LogP contribution in [-0.2, 0) is 0 Å². The fraction of sp³-hybridized carbons (Fsp3) is 0. The Balaban J connectivity index is 3.22. The van der Waals surface area contributed by atoms with E-state index in [1.54, 1.807) is 6.20 Å². The van der Waals surface area contributed by atoms with Gasteiger partial charge >= 0.3 is 0 Å². The number of nitrogens with two attached hydrogens (primary N) is 1. The highest BCUT2D eigenvalue weighted by Gasteiger charge is 1.78. The lowest BCUT2D eigenvalue weighted by molar-refractivity contribution is 1.19. The van der Waals surface area contributed by atoms with Crippen LogP contribution < -0.4 is 5.73 Å². The summed E-state index contributed by atoms with van der Waals surface area (Å²) in [6.07, 6.45) is 3.06. The summed E-state index contributed by atoms with van der Waals surface area (Å²) in [4.78, 5) is 6.45. The summed E-state index contributed by atoms with van der Waals surface area (Å²) < 4.78 is 0.596. The molecule has 0 bridgehead atoms. The normalized spacial score (nSPS) is 9.00. The van der Waals surface area contributed by atoms with Crippen LogP contribution in [0.1, 0.15) is 0 Å². The number of aromatic amines is 1. The van der Waals surface area contributed by atoms with Gasteiger partial charge in [0.25, 0.3) is 0 Å². The average Bonchev–Trinajstić information content (AvgIpc) is 1.77. The molecule has 3 N–H and O–H groups in total. The molecule has 0 amide bonds. The smallest absolute Gasteiger partial charge is 0.139 e. The molecule has 0 fully saturated rings. The lowest BCUT2D eigenvalue weighted by Crippen LogP contribution is -1.88. The molecule has 0 unspecified atom stereocenters. The first-order valence-corrected chi connectivity index (χ1v) is 2.50. The molecule has 0 radical (unpaired) electrons. The maximum absolute atomic E-state index is 5.24. The van der Waals surface area contributed by atoms with Crippen molar-refractivity contribution in [2.24, 2.45) is 0 Å². The van der Waals surface area contributed by atoms with Crippen molar-refractivity contribution < 1.29 is 0 Å². The molecule has 1 aromatic heterocycles. The summed E-state index contributed by atoms with van der Waals surface area (Å²) >= 11 is 4.70. The summed E-state index contributed by atoms with van der Waals surface area (Å²) in [5.41, 5.74) is 5.24. The van der Waals surface area contributed by atoms with Crippen molar-refractivity contribution in [1.29, 1.82) is 0 Å². The Hall–Kier alpha value is -0.900. The zero-order chi connectivity index (χ0) is 5.98. The summed E-state index contributed by atoms with van der Waals surface area (Å²) in [6.45, 7) is 0. The highest BCUT2D eigenvalue weighted by atomic mass is 32.1. The number of nitrogens with zero attached hydrogens (tertiary/aromatic N) is 1. The number of H-pyrrole nitrogens is 1. The number of nitrogen functional groups attached to an aromatic ring is 1. The molecular weight excluding hydrogens is 122 g/mol. The SMILES string of the molecule is Nc1c[nH]c(=S)cn1. The Morgan fingerprint density at radius 2 is 2.50 bits per heavy atom. The van der Waals surface area contributed by atoms with Crippen LogP contribution in [0.15, 0.2) is 12.4 Å². The zero-order valence-electron chi connectivity index (χ0n) is 4.09. The molecule has 0 aliphatic carbocycles. The summed E-state index contributed by atoms with van der Waals surface area (Å²) in [5, 5.41) is 0. The topological polar surface area (TPSA) is 54.7 Å². The summed E-state index contributed by atoms with van der Waals surface area (Å²) in [5.74, 6) is 0.457. The molecule has 0 spiro atoms. The van der Waals surface area contributed by atoms with Crippen LogP contribution in [0, 0.1) is 4.64 Å². The van der Waals surface area contributed by atoms with Crippen LogP contribution in [0.2, 0.25) is 0 Å². The van der Waals surface area contributed by atoms with E-state index >= 15 is 0 Å². The quantitative estimate of drug-likeness (QED) is 0.505. The van der Waals surface area contributed by atoms with Crippen LogP contribution in [0.25, 0.3) is 0 Å². The number of aromatic nitrogens is 2. The van der Waals surface area contributed by atoms with E-state index in [0.717, 1.165) is 0 Å². The van der Waals surface area contributed by atoms with Gasteiger partial charge in [-0.2, -0.15) is 0 Å². The van der Waals surface area contributed by atoms with Gasteiger partial charge in [0, 0.05) is 6.20 Å². The van der Waals surface area contributed by atoms with Gasteiger partial charge < -0.3 is 10.7 Å². The van der Waals surface area contributed by atoms with Gasteiger partial charge in [0.2, 0.25) is 0 Å². The second-order valence-corrected chi connectivity index (χ2v) is 1.78. The monoisotopic (exact) mass is 127 g/mol. The maximum atomic E-state index is 5.24. The molecule has 1 aromatic rings. The van der Waals surface area contributed by atoms with Crippen LogP contribution in [0.5, 0.6) is 0 Å². The van der Waals surface area contributed by atoms with Crippen molar-refractivity contribution in [3.8, 4) is 0 Å². The number of hydrogen-bond donors (Lipinski definition) is 2. The average molecular weight is 127 g/mol. The van der Waals surface area contributed by atoms with E-state index in [-0.39, 0.29) is 0 Å². The minimum absolute atomic E-state index is 0.457. The van der Waals surface area contributed by atoms with Gasteiger partial charge in [-0.3, -0.25) is 0 Å². The number of anilines is 1. The van der Waals surface area contributed by atoms with Gasteiger partial charge in [-0.25, -0.2) is 4.98 Å². The van der Waals surface area contributed by atoms with Gasteiger partial charge in [0.15, 0.2) is 0 Å². The molecular formula is C4H5N3S. The molecule has 42 valence electrons. The van der Waals surface area contributed by atoms with Crippen molar-refractivity contribution in [3.05, 3.63) is 17.0 Å². The van der Waals surface area contributed by atoms with Gasteiger partial charge in [-0.15, -0.1) is 0 Å². The Labute approximate surface area is 51.6 Å². The predicted octanol–water partition coefficient (Wildman–Crippen LogP) is 0.721. The first kappa shape index (κ1) is 5.24. The van der Waals surface area contributed by atoms with Crippen LogP contribution in [0.4, 0.5) is 5.82 Å². The molecule has 8 heavy (non-hydrogen) atoms. The van der Waals surface area contributed by atoms with Crippen LogP contribution in [0.3, 0.4) is 0 Å². The van der Waals surface area contributed by atoms with E-state index < -0.39 is 0 Å². The largest absolute Gasteiger partial charge is 0.382 e. The second-order valence-electron chi connectivity index (χ2n) is 1.34. The van der Waals surface area contributed by atoms with Crippen molar-refractivity contribution in [2.45, 2.75) is 0 Å². The molecule has 0 saturated heterocycles. The highest BCUT2D eigenvalue weighted by Crippen LogP contribution is 1.88. The minimum Gasteiger partial charge on any atom is -0.382 e. The fourth-order valence-corrected chi connectivity index (χ4v) is 0.464. The van der Waals surface area contributed by atoms with Gasteiger partial charge in [0.05, 0.1) is 6.20 Å². The van der Waals surface area contributed by atoms with E-state index in [9.17, 15) is 0 Å². The predicted molar refractivity (Wildman–Crippen MR) is 33.8 cm³/mol. The Morgan fingerprint density at radius 1 is 1.75 bits per heavy atom. The molecule has 3 nitrogen and oxygen atoms in total. The van der Waals surface area contributed by atoms with Gasteiger partial charge in [-0.1, -0.05) is 12.2 Å². The molecule has 1 heterocycles. The van der Waals surface area contributed by atoms with Crippen molar-refractivity contribution in [2.75, 3.05) is 5.73 Å².